The molecule has 4 aromatic carbocycles. The molecule has 115 heavy (non-hydrogen) atoms. The smallest absolute Gasteiger partial charge is 0.326 e. The van der Waals surface area contributed by atoms with Gasteiger partial charge < -0.3 is 105 Å². The Labute approximate surface area is 664 Å². The van der Waals surface area contributed by atoms with Crippen LogP contribution in [0.3, 0.4) is 0 Å². The van der Waals surface area contributed by atoms with Gasteiger partial charge in [-0.2, -0.15) is 0 Å². The lowest BCUT2D eigenvalue weighted by atomic mass is 9.99. The largest absolute Gasteiger partial charge is 0.508 e. The first kappa shape index (κ1) is 90.3. The SMILES string of the molecule is CC(C)C[C@H](NC(=O)[C@H](Cc1ccccc1)NC(=O)[C@H](Cc1c[nH]c2ccccc12)NC(=O)[C@H](CO)NC(=O)[C@H](Cc1ccccc1)NC(=O)[C@@H](N)CC(C)C)C(=O)N1CCC[C@H]1C(=O)N[C@H](C(=O)N[C@@H](CC(=O)O)C(=O)N[C@@H](CC(N)=O)C(=O)N[C@@H](Cc1ccc(O)cc1)C(=O)N1CCC[C@H]1C(=O)N[C@H](C(=O)O)C(C)C)[C@@H](C)O. The number of aliphatic hydroxyl groups is 2. The van der Waals surface area contributed by atoms with Crippen molar-refractivity contribution in [3.63, 3.8) is 0 Å². The molecule has 622 valence electrons. The number of hydrogen-bond donors (Lipinski definition) is 18. The zero-order chi connectivity index (χ0) is 84.5. The summed E-state index contributed by atoms with van der Waals surface area (Å²) < 4.78 is 0. The summed E-state index contributed by atoms with van der Waals surface area (Å²) in [6.07, 6.45) is -2.34. The number of aliphatic carboxylic acids is 2. The van der Waals surface area contributed by atoms with Crippen LogP contribution in [0.15, 0.2) is 115 Å². The molecule has 35 heteroatoms. The lowest BCUT2D eigenvalue weighted by molar-refractivity contribution is -0.146. The third-order valence-electron chi connectivity index (χ3n) is 19.8. The number of nitrogens with two attached hydrogens (primary N) is 2. The number of amides is 13. The first-order chi connectivity index (χ1) is 54.5. The molecule has 2 fully saturated rings. The average molecular weight is 1600 g/mol. The van der Waals surface area contributed by atoms with E-state index in [1.165, 1.54) is 24.3 Å². The van der Waals surface area contributed by atoms with E-state index in [1.54, 1.807) is 119 Å². The monoisotopic (exact) mass is 1600 g/mol. The first-order valence-corrected chi connectivity index (χ1v) is 38.3. The van der Waals surface area contributed by atoms with Crippen molar-refractivity contribution in [3.8, 4) is 5.75 Å². The number of aromatic hydroxyl groups is 1. The van der Waals surface area contributed by atoms with E-state index in [9.17, 15) is 83.1 Å². The van der Waals surface area contributed by atoms with E-state index in [1.807, 2.05) is 13.8 Å². The van der Waals surface area contributed by atoms with Gasteiger partial charge in [-0.05, 0) is 104 Å². The average Bonchev–Trinajstić information content (AvgIpc) is 1.73. The second-order valence-corrected chi connectivity index (χ2v) is 30.3. The van der Waals surface area contributed by atoms with Gasteiger partial charge in [-0.3, -0.25) is 67.1 Å². The molecule has 0 unspecified atom stereocenters. The highest BCUT2D eigenvalue weighted by Gasteiger charge is 2.44. The Bertz CT molecular complexity index is 4260. The van der Waals surface area contributed by atoms with E-state index in [2.05, 4.69) is 58.2 Å². The number of likely N-dealkylation sites (tertiary alicyclic amines) is 2. The third-order valence-corrected chi connectivity index (χ3v) is 19.8. The molecule has 20 N–H and O–H groups in total. The van der Waals surface area contributed by atoms with Crippen molar-refractivity contribution in [1.29, 1.82) is 0 Å². The van der Waals surface area contributed by atoms with Gasteiger partial charge in [-0.15, -0.1) is 0 Å². The van der Waals surface area contributed by atoms with E-state index in [4.69, 9.17) is 11.5 Å². The highest BCUT2D eigenvalue weighted by Crippen LogP contribution is 2.25. The van der Waals surface area contributed by atoms with Crippen molar-refractivity contribution in [2.75, 3.05) is 19.7 Å². The Kier molecular flexibility index (Phi) is 33.7. The number of phenols is 1. The summed E-state index contributed by atoms with van der Waals surface area (Å²) in [7, 11) is 0. The molecule has 2 saturated heterocycles. The van der Waals surface area contributed by atoms with E-state index in [-0.39, 0.29) is 88.5 Å². The molecule has 0 bridgehead atoms. The van der Waals surface area contributed by atoms with E-state index < -0.39 is 199 Å². The zero-order valence-electron chi connectivity index (χ0n) is 65.3. The molecule has 0 aliphatic carbocycles. The van der Waals surface area contributed by atoms with Gasteiger partial charge in [0.15, 0.2) is 0 Å². The summed E-state index contributed by atoms with van der Waals surface area (Å²) in [6, 6.07) is 9.65. The van der Waals surface area contributed by atoms with Crippen LogP contribution in [0.25, 0.3) is 10.9 Å². The molecule has 14 atom stereocenters. The summed E-state index contributed by atoms with van der Waals surface area (Å²) in [5.41, 5.74) is 14.5. The number of fused-ring (bicyclic) bond motifs is 1. The standard InChI is InChI=1S/C80H107N15O20/c1-42(2)32-52(81)68(102)84-54(34-46-18-10-8-11-19-46)70(104)91-61(41-96)74(108)86-56(37-49-40-83-53-23-15-14-22-51(49)53)71(105)85-55(35-47-20-12-9-13-21-47)69(103)89-59(33-43(3)4)78(112)94-30-17-25-63(94)76(110)93-67(45(7)97)77(111)88-58(39-65(100)101)73(107)87-57(38-64(82)99)72(106)90-60(36-48-26-28-50(98)29-27-48)79(113)95-31-16-24-62(95)75(109)92-66(44(5)6)80(114)115/h8-15,18-23,26-29,40,42-45,52,54-63,66-67,83,96-98H,16-17,24-25,30-39,41,81H2,1-7H3,(H2,82,99)(H,84,102)(H,85,105)(H,86,108)(H,87,107)(H,88,111)(H,89,103)(H,90,106)(H,91,104)(H,92,109)(H,93,110)(H,100,101)(H,114,115)/t45-,52+,54+,55+,56+,57+,58+,59+,60+,61+,62+,63+,66+,67+/m1/s1. The molecule has 0 radical (unpaired) electrons. The molecule has 0 spiro atoms. The Balaban J connectivity index is 1.08. The number of aromatic amines is 1. The molecule has 13 amide bonds. The quantitative estimate of drug-likeness (QED) is 0.0219. The number of aromatic nitrogens is 1. The highest BCUT2D eigenvalue weighted by atomic mass is 16.4. The Morgan fingerprint density at radius 2 is 0.870 bits per heavy atom. The number of carbonyl (C=O) groups is 15. The fourth-order valence-corrected chi connectivity index (χ4v) is 13.8. The molecule has 2 aliphatic rings. The second-order valence-electron chi connectivity index (χ2n) is 30.3. The lowest BCUT2D eigenvalue weighted by Gasteiger charge is -2.32. The summed E-state index contributed by atoms with van der Waals surface area (Å²) in [6.45, 7) is 10.4. The number of aliphatic hydroxyl groups excluding tert-OH is 2. The Hall–Kier alpha value is -11.8. The Morgan fingerprint density at radius 3 is 1.36 bits per heavy atom. The minimum Gasteiger partial charge on any atom is -0.508 e. The van der Waals surface area contributed by atoms with E-state index in [0.29, 0.717) is 39.6 Å². The predicted molar refractivity (Wildman–Crippen MR) is 417 cm³/mol. The maximum absolute atomic E-state index is 15.1. The number of nitrogens with one attached hydrogen (secondary N) is 11. The van der Waals surface area contributed by atoms with Crippen LogP contribution in [-0.2, 0) is 97.6 Å². The summed E-state index contributed by atoms with van der Waals surface area (Å²) >= 11 is 0. The normalized spacial score (nSPS) is 17.2. The number of primary amides is 1. The molecule has 0 saturated carbocycles. The summed E-state index contributed by atoms with van der Waals surface area (Å²) in [5.74, 6) is -17.0. The second kappa shape index (κ2) is 42.9. The Morgan fingerprint density at radius 1 is 0.461 bits per heavy atom. The van der Waals surface area contributed by atoms with Gasteiger partial charge in [0, 0.05) is 55.9 Å². The van der Waals surface area contributed by atoms with Crippen molar-refractivity contribution in [1.82, 2.24) is 68.0 Å². The van der Waals surface area contributed by atoms with E-state index in [0.717, 1.165) is 16.7 Å². The number of hydrogen-bond acceptors (Lipinski definition) is 19. The van der Waals surface area contributed by atoms with Crippen LogP contribution in [0.5, 0.6) is 5.75 Å². The van der Waals surface area contributed by atoms with Gasteiger partial charge in [0.2, 0.25) is 76.8 Å². The highest BCUT2D eigenvalue weighted by molar-refractivity contribution is 6.02. The number of phenolic OH excluding ortho intramolecular Hbond substituents is 1. The van der Waals surface area contributed by atoms with Gasteiger partial charge in [-0.25, -0.2) is 4.79 Å². The molecule has 7 rings (SSSR count). The van der Waals surface area contributed by atoms with Gasteiger partial charge in [0.1, 0.15) is 78.3 Å². The molecule has 5 aromatic rings. The minimum absolute atomic E-state index is 0.0227. The van der Waals surface area contributed by atoms with Crippen LogP contribution in [-0.4, -0.2) is 233 Å². The molecular formula is C80H107N15O20. The molecule has 35 nitrogen and oxygen atoms in total. The number of benzene rings is 4. The zero-order valence-corrected chi connectivity index (χ0v) is 65.3. The number of carbonyl (C=O) groups excluding carboxylic acids is 13. The van der Waals surface area contributed by atoms with Gasteiger partial charge in [0.25, 0.3) is 0 Å². The van der Waals surface area contributed by atoms with Gasteiger partial charge >= 0.3 is 11.9 Å². The fraction of sp³-hybridized carbons (Fsp3) is 0.487. The maximum Gasteiger partial charge on any atom is 0.326 e. The number of carboxylic acids is 2. The molecule has 1 aromatic heterocycles. The number of para-hydroxylation sites is 1. The van der Waals surface area contributed by atoms with Crippen molar-refractivity contribution in [2.45, 2.75) is 210 Å². The maximum atomic E-state index is 15.1. The summed E-state index contributed by atoms with van der Waals surface area (Å²) in [4.78, 5) is 215. The number of carboxylic acid groups (broad SMARTS) is 2. The van der Waals surface area contributed by atoms with Crippen LogP contribution >= 0.6 is 0 Å². The third kappa shape index (κ3) is 26.6. The number of H-pyrrole nitrogens is 1. The van der Waals surface area contributed by atoms with Crippen molar-refractivity contribution in [2.24, 2.45) is 29.2 Å². The fourth-order valence-electron chi connectivity index (χ4n) is 13.8. The van der Waals surface area contributed by atoms with E-state index >= 15 is 14.4 Å². The van der Waals surface area contributed by atoms with Crippen LogP contribution < -0.4 is 64.6 Å². The topological polar surface area (TPSA) is 552 Å². The number of rotatable bonds is 42. The van der Waals surface area contributed by atoms with Crippen molar-refractivity contribution < 1.29 is 97.5 Å². The summed E-state index contributed by atoms with van der Waals surface area (Å²) in [5, 5.41) is 77.6. The molecular weight excluding hydrogens is 1490 g/mol. The van der Waals surface area contributed by atoms with Crippen molar-refractivity contribution >= 4 is 99.6 Å². The predicted octanol–water partition coefficient (Wildman–Crippen LogP) is -1.14. The van der Waals surface area contributed by atoms with Gasteiger partial charge in [0.05, 0.1) is 31.6 Å². The minimum atomic E-state index is -2.14. The van der Waals surface area contributed by atoms with Crippen LogP contribution in [0.1, 0.15) is 122 Å². The lowest BCUT2D eigenvalue weighted by Crippen LogP contribution is -2.62. The number of nitrogens with zero attached hydrogens (tertiary/aromatic N) is 2. The molecule has 2 aliphatic heterocycles. The molecule has 3 heterocycles. The van der Waals surface area contributed by atoms with Crippen molar-refractivity contribution in [3.05, 3.63) is 138 Å². The van der Waals surface area contributed by atoms with Gasteiger partial charge in [-0.1, -0.05) is 133 Å². The van der Waals surface area contributed by atoms with Crippen LogP contribution in [0, 0.1) is 17.8 Å². The van der Waals surface area contributed by atoms with Crippen LogP contribution in [0.2, 0.25) is 0 Å². The van der Waals surface area contributed by atoms with Crippen LogP contribution in [0.4, 0.5) is 0 Å². The first-order valence-electron chi connectivity index (χ1n) is 38.3.